The van der Waals surface area contributed by atoms with Gasteiger partial charge in [0.1, 0.15) is 19.0 Å². The fourth-order valence-corrected chi connectivity index (χ4v) is 8.84. The zero-order chi connectivity index (χ0) is 39.9. The molecule has 4 heterocycles. The third kappa shape index (κ3) is 7.08. The standard InChI is InChI=1S/C47H44N4O6S/c1-28-16-38-39(48-25-36-21-33-9-4-6-11-41(33)51(36)47(38)54)24-42(28)56-26-29-17-30(19-34(18-29)49-45(52)12-7-15-58)27-57-44-22-31-13-14-35-20-32-8-3-5-10-40(32)50(35)46(53)37(31)23-43(44)55-2/h3-6,8-11,16-19,22-25,35-36,58H,7,12-15,20-21,26-27H2,1-2H3,(H,49,52)/t35-,36+/m1/s1. The van der Waals surface area contributed by atoms with E-state index in [4.69, 9.17) is 19.2 Å². The maximum atomic E-state index is 14.0. The first-order valence-electron chi connectivity index (χ1n) is 19.8. The van der Waals surface area contributed by atoms with E-state index in [1.165, 1.54) is 5.56 Å². The van der Waals surface area contributed by atoms with E-state index in [-0.39, 0.29) is 43.0 Å². The van der Waals surface area contributed by atoms with Crippen molar-refractivity contribution >= 4 is 59.3 Å². The molecule has 11 heteroatoms. The number of aryl methyl sites for hydroxylation is 2. The Morgan fingerprint density at radius 3 is 2.22 bits per heavy atom. The Bertz CT molecular complexity index is 2500. The first-order chi connectivity index (χ1) is 28.3. The summed E-state index contributed by atoms with van der Waals surface area (Å²) >= 11 is 4.27. The van der Waals surface area contributed by atoms with Gasteiger partial charge in [0.05, 0.1) is 24.4 Å². The number of aliphatic imine (C=N–C) groups is 1. The summed E-state index contributed by atoms with van der Waals surface area (Å²) < 4.78 is 18.6. The molecule has 294 valence electrons. The highest BCUT2D eigenvalue weighted by atomic mass is 32.1. The Labute approximate surface area is 343 Å². The summed E-state index contributed by atoms with van der Waals surface area (Å²) in [7, 11) is 1.58. The maximum absolute atomic E-state index is 14.0. The van der Waals surface area contributed by atoms with Crippen LogP contribution in [-0.2, 0) is 37.3 Å². The zero-order valence-corrected chi connectivity index (χ0v) is 33.4. The quantitative estimate of drug-likeness (QED) is 0.130. The maximum Gasteiger partial charge on any atom is 0.261 e. The van der Waals surface area contributed by atoms with Gasteiger partial charge in [0, 0.05) is 53.8 Å². The highest BCUT2D eigenvalue weighted by molar-refractivity contribution is 7.80. The van der Waals surface area contributed by atoms with Crippen molar-refractivity contribution in [3.8, 4) is 17.2 Å². The largest absolute Gasteiger partial charge is 0.493 e. The highest BCUT2D eigenvalue weighted by Crippen LogP contribution is 2.42. The van der Waals surface area contributed by atoms with Crippen molar-refractivity contribution in [2.75, 3.05) is 28.0 Å². The van der Waals surface area contributed by atoms with Gasteiger partial charge in [-0.3, -0.25) is 24.3 Å². The number of anilines is 3. The van der Waals surface area contributed by atoms with E-state index < -0.39 is 0 Å². The summed E-state index contributed by atoms with van der Waals surface area (Å²) in [6.45, 7) is 2.29. The van der Waals surface area contributed by atoms with Gasteiger partial charge in [0.15, 0.2) is 11.5 Å². The first kappa shape index (κ1) is 37.5. The molecule has 0 saturated heterocycles. The van der Waals surface area contributed by atoms with Crippen LogP contribution in [0, 0.1) is 6.92 Å². The Morgan fingerprint density at radius 1 is 0.793 bits per heavy atom. The van der Waals surface area contributed by atoms with Crippen LogP contribution in [0.4, 0.5) is 22.7 Å². The van der Waals surface area contributed by atoms with E-state index >= 15 is 0 Å². The Kier molecular flexibility index (Phi) is 10.2. The SMILES string of the molecule is COc1cc2c(cc1OCc1cc(COc3cc4c(cc3C)C(=O)N3c5ccccc5C[C@H]3C=N4)cc(NC(=O)CCCS)c1)CC[C@@H]1Cc3ccccc3N1C2=O. The number of rotatable bonds is 11. The molecule has 4 aliphatic heterocycles. The summed E-state index contributed by atoms with van der Waals surface area (Å²) in [6.07, 6.45) is 6.02. The van der Waals surface area contributed by atoms with Crippen LogP contribution in [0.3, 0.4) is 0 Å². The molecule has 0 fully saturated rings. The number of benzene rings is 5. The minimum atomic E-state index is -0.141. The topological polar surface area (TPSA) is 110 Å². The second kappa shape index (κ2) is 15.7. The number of nitrogens with one attached hydrogen (secondary N) is 1. The average molecular weight is 793 g/mol. The number of hydrogen-bond acceptors (Lipinski definition) is 8. The number of nitrogens with zero attached hydrogens (tertiary/aromatic N) is 3. The molecular weight excluding hydrogens is 749 g/mol. The highest BCUT2D eigenvalue weighted by Gasteiger charge is 2.38. The molecule has 0 aliphatic carbocycles. The molecule has 5 aromatic carbocycles. The van der Waals surface area contributed by atoms with E-state index in [1.807, 2.05) is 95.7 Å². The van der Waals surface area contributed by atoms with Gasteiger partial charge in [0.25, 0.3) is 11.8 Å². The summed E-state index contributed by atoms with van der Waals surface area (Å²) in [6, 6.07) is 29.3. The molecule has 0 bridgehead atoms. The summed E-state index contributed by atoms with van der Waals surface area (Å²) in [5, 5.41) is 3.03. The van der Waals surface area contributed by atoms with Crippen LogP contribution in [0.2, 0.25) is 0 Å². The number of amides is 3. The Hall–Kier alpha value is -6.07. The molecule has 1 N–H and O–H groups in total. The van der Waals surface area contributed by atoms with Crippen molar-refractivity contribution in [3.63, 3.8) is 0 Å². The summed E-state index contributed by atoms with van der Waals surface area (Å²) in [5.74, 6) is 2.04. The number of hydrogen-bond donors (Lipinski definition) is 2. The molecular formula is C47H44N4O6S. The minimum absolute atomic E-state index is 0.0208. The lowest BCUT2D eigenvalue weighted by atomic mass is 9.99. The van der Waals surface area contributed by atoms with Gasteiger partial charge in [-0.05, 0) is 120 Å². The van der Waals surface area contributed by atoms with E-state index in [1.54, 1.807) is 13.2 Å². The van der Waals surface area contributed by atoms with Crippen molar-refractivity contribution in [3.05, 3.63) is 136 Å². The smallest absolute Gasteiger partial charge is 0.261 e. The monoisotopic (exact) mass is 792 g/mol. The first-order valence-corrected chi connectivity index (χ1v) is 20.4. The molecule has 2 atom stereocenters. The third-order valence-corrected chi connectivity index (χ3v) is 11.8. The Balaban J connectivity index is 0.953. The van der Waals surface area contributed by atoms with Gasteiger partial charge in [0.2, 0.25) is 5.91 Å². The van der Waals surface area contributed by atoms with Crippen molar-refractivity contribution in [2.24, 2.45) is 4.99 Å². The van der Waals surface area contributed by atoms with E-state index in [0.29, 0.717) is 58.3 Å². The van der Waals surface area contributed by atoms with Gasteiger partial charge in [-0.25, -0.2) is 0 Å². The number of methoxy groups -OCH3 is 1. The molecule has 10 nitrogen and oxygen atoms in total. The second-order valence-corrected chi connectivity index (χ2v) is 15.8. The minimum Gasteiger partial charge on any atom is -0.493 e. The summed E-state index contributed by atoms with van der Waals surface area (Å²) in [4.78, 5) is 49.3. The molecule has 0 radical (unpaired) electrons. The molecule has 0 aromatic heterocycles. The number of thiol groups is 1. The molecule has 0 unspecified atom stereocenters. The summed E-state index contributed by atoms with van der Waals surface area (Å²) in [5.41, 5.74) is 9.97. The molecule has 9 rings (SSSR count). The fourth-order valence-electron chi connectivity index (χ4n) is 8.69. The third-order valence-electron chi connectivity index (χ3n) is 11.5. The van der Waals surface area contributed by atoms with E-state index in [2.05, 4.69) is 30.1 Å². The molecule has 0 spiro atoms. The van der Waals surface area contributed by atoms with Crippen LogP contribution < -0.4 is 29.3 Å². The molecule has 58 heavy (non-hydrogen) atoms. The normalized spacial score (nSPS) is 17.3. The lowest BCUT2D eigenvalue weighted by Gasteiger charge is -2.23. The number of para-hydroxylation sites is 2. The number of carbonyl (C=O) groups excluding carboxylic acids is 3. The van der Waals surface area contributed by atoms with Crippen molar-refractivity contribution in [1.82, 2.24) is 0 Å². The van der Waals surface area contributed by atoms with E-state index in [0.717, 1.165) is 64.9 Å². The number of carbonyl (C=O) groups is 3. The Morgan fingerprint density at radius 2 is 1.48 bits per heavy atom. The molecule has 3 amide bonds. The molecule has 5 aromatic rings. The second-order valence-electron chi connectivity index (χ2n) is 15.3. The molecule has 4 aliphatic rings. The van der Waals surface area contributed by atoms with E-state index in [9.17, 15) is 14.4 Å². The predicted molar refractivity (Wildman–Crippen MR) is 229 cm³/mol. The molecule has 0 saturated carbocycles. The van der Waals surface area contributed by atoms with Crippen LogP contribution in [-0.4, -0.2) is 48.9 Å². The van der Waals surface area contributed by atoms with Crippen LogP contribution in [0.5, 0.6) is 17.2 Å². The van der Waals surface area contributed by atoms with Crippen LogP contribution in [0.25, 0.3) is 0 Å². The fraction of sp³-hybridized carbons (Fsp3) is 0.277. The van der Waals surface area contributed by atoms with Gasteiger partial charge < -0.3 is 24.4 Å². The van der Waals surface area contributed by atoms with Gasteiger partial charge >= 0.3 is 0 Å². The number of ether oxygens (including phenoxy) is 3. The van der Waals surface area contributed by atoms with Gasteiger partial charge in [-0.1, -0.05) is 36.4 Å². The lowest BCUT2D eigenvalue weighted by Crippen LogP contribution is -2.37. The number of fused-ring (bicyclic) bond motifs is 8. The average Bonchev–Trinajstić information content (AvgIpc) is 3.72. The predicted octanol–water partition coefficient (Wildman–Crippen LogP) is 8.62. The lowest BCUT2D eigenvalue weighted by molar-refractivity contribution is -0.116. The zero-order valence-electron chi connectivity index (χ0n) is 32.5. The van der Waals surface area contributed by atoms with Gasteiger partial charge in [-0.15, -0.1) is 0 Å². The van der Waals surface area contributed by atoms with Crippen molar-refractivity contribution < 1.29 is 28.6 Å². The van der Waals surface area contributed by atoms with Crippen LogP contribution in [0.15, 0.2) is 96.0 Å². The van der Waals surface area contributed by atoms with Crippen LogP contribution >= 0.6 is 12.6 Å². The van der Waals surface area contributed by atoms with Crippen LogP contribution in [0.1, 0.15) is 73.4 Å². The van der Waals surface area contributed by atoms with Crippen molar-refractivity contribution in [2.45, 2.75) is 70.7 Å². The van der Waals surface area contributed by atoms with Gasteiger partial charge in [-0.2, -0.15) is 12.6 Å². The van der Waals surface area contributed by atoms with Crippen molar-refractivity contribution in [1.29, 1.82) is 0 Å².